The van der Waals surface area contributed by atoms with Crippen LogP contribution in [0.3, 0.4) is 0 Å². The highest BCUT2D eigenvalue weighted by Gasteiger charge is 2.41. The molecule has 1 saturated carbocycles. The minimum Gasteiger partial charge on any atom is -0.493 e. The summed E-state index contributed by atoms with van der Waals surface area (Å²) in [5, 5.41) is 0. The third-order valence-corrected chi connectivity index (χ3v) is 11.1. The van der Waals surface area contributed by atoms with Crippen molar-refractivity contribution in [3.05, 3.63) is 83.4 Å². The number of benzene rings is 3. The highest BCUT2D eigenvalue weighted by Crippen LogP contribution is 2.45. The van der Waals surface area contributed by atoms with Crippen molar-refractivity contribution in [2.75, 3.05) is 61.4 Å². The lowest BCUT2D eigenvalue weighted by Crippen LogP contribution is -2.51. The summed E-state index contributed by atoms with van der Waals surface area (Å²) < 4.78 is 47.3. The maximum Gasteiger partial charge on any atom is 0.329 e. The minimum atomic E-state index is -0.719. The van der Waals surface area contributed by atoms with Crippen molar-refractivity contribution >= 4 is 11.9 Å². The van der Waals surface area contributed by atoms with Gasteiger partial charge in [0.25, 0.3) is 0 Å². The van der Waals surface area contributed by atoms with Gasteiger partial charge in [-0.05, 0) is 110 Å². The summed E-state index contributed by atoms with van der Waals surface area (Å²) in [6.45, 7) is 1.82. The molecule has 0 N–H and O–H groups in total. The number of carbonyl (C=O) groups excluding carboxylic acids is 2. The number of nitrogens with zero attached hydrogens (tertiary/aromatic N) is 1. The zero-order chi connectivity index (χ0) is 39.3. The van der Waals surface area contributed by atoms with Crippen LogP contribution in [0.25, 0.3) is 0 Å². The molecule has 302 valence electrons. The van der Waals surface area contributed by atoms with Crippen molar-refractivity contribution in [2.45, 2.75) is 82.3 Å². The van der Waals surface area contributed by atoms with Crippen LogP contribution in [0.4, 0.5) is 0 Å². The van der Waals surface area contributed by atoms with Crippen molar-refractivity contribution < 1.29 is 47.5 Å². The Labute approximate surface area is 331 Å². The molecular formula is C45H57NO10. The summed E-state index contributed by atoms with van der Waals surface area (Å²) >= 11 is 0. The van der Waals surface area contributed by atoms with Crippen LogP contribution in [0.2, 0.25) is 0 Å². The molecule has 1 saturated heterocycles. The molecule has 0 spiro atoms. The predicted molar refractivity (Wildman–Crippen MR) is 212 cm³/mol. The summed E-state index contributed by atoms with van der Waals surface area (Å²) in [7, 11) is 6.40. The highest BCUT2D eigenvalue weighted by atomic mass is 16.6. The molecule has 11 nitrogen and oxygen atoms in total. The standard InChI is InChI=1S/C45H57NO10/c1-49-38-21-19-31(27-39(38)50-2)18-20-37-33-15-12-16-35(28-33)54-24-11-10-23-53-25-26-55-43-40(51-3)29-34(30-41(43)52-4)42(32-13-6-5-7-14-32)44(47)46-22-9-8-17-36(46)45(48)56-37/h10-12,15-16,19,21,27-30,32,36-37,42H,5-9,13-14,17-18,20,22-26H2,1-4H3/b11-10-/t36-,37+,42-/m0/s1. The summed E-state index contributed by atoms with van der Waals surface area (Å²) in [4.78, 5) is 31.4. The van der Waals surface area contributed by atoms with E-state index >= 15 is 4.79 Å². The van der Waals surface area contributed by atoms with E-state index in [-0.39, 0.29) is 18.4 Å². The van der Waals surface area contributed by atoms with E-state index in [2.05, 4.69) is 0 Å². The van der Waals surface area contributed by atoms with Gasteiger partial charge in [0.15, 0.2) is 23.0 Å². The van der Waals surface area contributed by atoms with Gasteiger partial charge in [0.2, 0.25) is 11.7 Å². The average molecular weight is 772 g/mol. The van der Waals surface area contributed by atoms with Gasteiger partial charge in [-0.25, -0.2) is 4.79 Å². The van der Waals surface area contributed by atoms with Gasteiger partial charge in [-0.2, -0.15) is 0 Å². The number of carbonyl (C=O) groups is 2. The quantitative estimate of drug-likeness (QED) is 0.165. The molecule has 2 fully saturated rings. The van der Waals surface area contributed by atoms with Gasteiger partial charge < -0.3 is 42.8 Å². The Hall–Kier alpha value is -4.90. The molecule has 56 heavy (non-hydrogen) atoms. The van der Waals surface area contributed by atoms with Gasteiger partial charge in [-0.3, -0.25) is 4.79 Å². The molecule has 1 amide bonds. The number of hydrogen-bond acceptors (Lipinski definition) is 10. The lowest BCUT2D eigenvalue weighted by Gasteiger charge is -2.40. The Morgan fingerprint density at radius 2 is 1.43 bits per heavy atom. The van der Waals surface area contributed by atoms with Crippen molar-refractivity contribution in [1.29, 1.82) is 0 Å². The number of methoxy groups -OCH3 is 4. The molecule has 1 aliphatic carbocycles. The molecule has 7 rings (SSSR count). The molecular weight excluding hydrogens is 714 g/mol. The van der Waals surface area contributed by atoms with Crippen LogP contribution in [0.1, 0.15) is 86.5 Å². The van der Waals surface area contributed by atoms with Crippen LogP contribution in [0.15, 0.2) is 66.7 Å². The van der Waals surface area contributed by atoms with Crippen molar-refractivity contribution in [1.82, 2.24) is 4.90 Å². The summed E-state index contributed by atoms with van der Waals surface area (Å²) in [5.74, 6) is 2.51. The fourth-order valence-electron chi connectivity index (χ4n) is 8.21. The second-order valence-corrected chi connectivity index (χ2v) is 14.6. The summed E-state index contributed by atoms with van der Waals surface area (Å²) in [6, 6.07) is 16.6. The normalized spacial score (nSPS) is 22.1. The van der Waals surface area contributed by atoms with Gasteiger partial charge in [0.05, 0.1) is 47.6 Å². The Morgan fingerprint density at radius 3 is 2.18 bits per heavy atom. The molecule has 3 heterocycles. The monoisotopic (exact) mass is 771 g/mol. The first-order valence-electron chi connectivity index (χ1n) is 20.0. The molecule has 3 aromatic carbocycles. The molecule has 0 unspecified atom stereocenters. The SMILES string of the molecule is COc1ccc(CC[C@H]2OC(=O)[C@@H]3CCCCN3C(=O)[C@@H](C3CCCCC3)c3cc(OC)c(c(OC)c3)OCCOC/C=C\COc3cccc2c3)cc1OC. The first-order valence-corrected chi connectivity index (χ1v) is 20.0. The van der Waals surface area contributed by atoms with E-state index in [1.54, 1.807) is 33.3 Å². The zero-order valence-corrected chi connectivity index (χ0v) is 33.3. The minimum absolute atomic E-state index is 0.0621. The zero-order valence-electron chi connectivity index (χ0n) is 33.3. The molecule has 11 heteroatoms. The number of fused-ring (bicyclic) bond motifs is 12. The smallest absolute Gasteiger partial charge is 0.329 e. The second-order valence-electron chi connectivity index (χ2n) is 14.6. The maximum absolute atomic E-state index is 15.1. The van der Waals surface area contributed by atoms with E-state index in [9.17, 15) is 4.79 Å². The summed E-state index contributed by atoms with van der Waals surface area (Å²) in [6.07, 6.45) is 11.6. The number of piperidine rings is 1. The van der Waals surface area contributed by atoms with E-state index in [1.165, 1.54) is 0 Å². The van der Waals surface area contributed by atoms with Crippen LogP contribution >= 0.6 is 0 Å². The van der Waals surface area contributed by atoms with E-state index in [4.69, 9.17) is 37.9 Å². The lowest BCUT2D eigenvalue weighted by atomic mass is 9.75. The van der Waals surface area contributed by atoms with Gasteiger partial charge >= 0.3 is 5.97 Å². The number of esters is 1. The van der Waals surface area contributed by atoms with Crippen molar-refractivity contribution in [2.24, 2.45) is 5.92 Å². The molecule has 0 radical (unpaired) electrons. The lowest BCUT2D eigenvalue weighted by molar-refractivity contribution is -0.163. The van der Waals surface area contributed by atoms with Crippen LogP contribution in [-0.4, -0.2) is 84.2 Å². The van der Waals surface area contributed by atoms with Gasteiger partial charge in [0, 0.05) is 6.54 Å². The molecule has 3 aromatic rings. The first kappa shape index (κ1) is 40.8. The topological polar surface area (TPSA) is 111 Å². The fourth-order valence-corrected chi connectivity index (χ4v) is 8.21. The first-order chi connectivity index (χ1) is 27.4. The van der Waals surface area contributed by atoms with Gasteiger partial charge in [0.1, 0.15) is 31.1 Å². The molecule has 3 atom stereocenters. The highest BCUT2D eigenvalue weighted by molar-refractivity contribution is 5.89. The average Bonchev–Trinajstić information content (AvgIpc) is 3.24. The Balaban J connectivity index is 1.36. The van der Waals surface area contributed by atoms with Crippen LogP contribution in [0.5, 0.6) is 34.5 Å². The molecule has 4 bridgehead atoms. The third-order valence-electron chi connectivity index (χ3n) is 11.1. The number of rotatable bonds is 8. The molecule has 4 aliphatic rings. The predicted octanol–water partition coefficient (Wildman–Crippen LogP) is 8.03. The number of aryl methyl sites for hydroxylation is 1. The number of ether oxygens (including phenoxy) is 8. The Morgan fingerprint density at radius 1 is 0.696 bits per heavy atom. The second kappa shape index (κ2) is 20.3. The van der Waals surface area contributed by atoms with Gasteiger partial charge in [-0.1, -0.05) is 43.5 Å². The van der Waals surface area contributed by atoms with E-state index in [0.29, 0.717) is 80.1 Å². The van der Waals surface area contributed by atoms with Crippen molar-refractivity contribution in [3.8, 4) is 34.5 Å². The Kier molecular flexibility index (Phi) is 14.8. The Bertz CT molecular complexity index is 1760. The molecule has 3 aliphatic heterocycles. The third kappa shape index (κ3) is 10.1. The number of amides is 1. The summed E-state index contributed by atoms with van der Waals surface area (Å²) in [5.41, 5.74) is 2.62. The van der Waals surface area contributed by atoms with Crippen LogP contribution < -0.4 is 28.4 Å². The number of hydrogen-bond donors (Lipinski definition) is 0. The van der Waals surface area contributed by atoms with Crippen molar-refractivity contribution in [3.63, 3.8) is 0 Å². The van der Waals surface area contributed by atoms with E-state index in [0.717, 1.165) is 61.6 Å². The van der Waals surface area contributed by atoms with E-state index in [1.807, 2.05) is 66.7 Å². The van der Waals surface area contributed by atoms with Gasteiger partial charge in [-0.15, -0.1) is 0 Å². The van der Waals surface area contributed by atoms with E-state index < -0.39 is 24.0 Å². The van der Waals surface area contributed by atoms with Crippen LogP contribution in [0, 0.1) is 5.92 Å². The fraction of sp³-hybridized carbons (Fsp3) is 0.511. The maximum atomic E-state index is 15.1. The van der Waals surface area contributed by atoms with Crippen LogP contribution in [-0.2, 0) is 25.5 Å². The largest absolute Gasteiger partial charge is 0.493 e. The molecule has 0 aromatic heterocycles.